The van der Waals surface area contributed by atoms with Gasteiger partial charge in [0, 0.05) is 23.3 Å². The predicted octanol–water partition coefficient (Wildman–Crippen LogP) is 3.16. The number of carbonyl (C=O) groups is 1. The summed E-state index contributed by atoms with van der Waals surface area (Å²) in [5.74, 6) is 0.810. The van der Waals surface area contributed by atoms with E-state index in [-0.39, 0.29) is 16.2 Å². The monoisotopic (exact) mass is 348 g/mol. The molecule has 128 valence electrons. The van der Waals surface area contributed by atoms with Gasteiger partial charge in [-0.3, -0.25) is 4.79 Å². The van der Waals surface area contributed by atoms with Gasteiger partial charge >= 0.3 is 0 Å². The van der Waals surface area contributed by atoms with Gasteiger partial charge in [0.25, 0.3) is 5.91 Å². The number of hydrogen-bond acceptors (Lipinski definition) is 5. The van der Waals surface area contributed by atoms with Crippen LogP contribution < -0.4 is 5.32 Å². The van der Waals surface area contributed by atoms with E-state index in [2.05, 4.69) is 17.4 Å². The Morgan fingerprint density at radius 3 is 2.42 bits per heavy atom. The fourth-order valence-electron chi connectivity index (χ4n) is 3.06. The first-order chi connectivity index (χ1) is 11.3. The van der Waals surface area contributed by atoms with Gasteiger partial charge in [-0.1, -0.05) is 24.9 Å². The normalized spacial score (nSPS) is 16.9. The van der Waals surface area contributed by atoms with Gasteiger partial charge in [0.05, 0.1) is 4.90 Å². The molecule has 1 aromatic carbocycles. The van der Waals surface area contributed by atoms with Gasteiger partial charge in [-0.25, -0.2) is 8.42 Å². The van der Waals surface area contributed by atoms with Crippen LogP contribution >= 0.6 is 0 Å². The second kappa shape index (κ2) is 6.05. The first kappa shape index (κ1) is 16.7. The number of nitrogens with one attached hydrogen (secondary N) is 1. The topological polar surface area (TPSA) is 89.3 Å². The SMILES string of the molecule is CC1(c2cc(NC(=O)c3ccc(S(C)(=O)=O)cc3)no2)CCCC1. The summed E-state index contributed by atoms with van der Waals surface area (Å²) in [6, 6.07) is 7.56. The van der Waals surface area contributed by atoms with Gasteiger partial charge in [-0.2, -0.15) is 0 Å². The molecular formula is C17H20N2O4S. The molecule has 1 heterocycles. The van der Waals surface area contributed by atoms with Crippen molar-refractivity contribution in [1.82, 2.24) is 5.16 Å². The van der Waals surface area contributed by atoms with Crippen molar-refractivity contribution in [3.63, 3.8) is 0 Å². The summed E-state index contributed by atoms with van der Waals surface area (Å²) in [6.07, 6.45) is 5.59. The van der Waals surface area contributed by atoms with Gasteiger partial charge in [0.15, 0.2) is 15.7 Å². The molecule has 0 saturated heterocycles. The molecule has 1 N–H and O–H groups in total. The fraction of sp³-hybridized carbons (Fsp3) is 0.412. The maximum absolute atomic E-state index is 12.2. The number of rotatable bonds is 4. The van der Waals surface area contributed by atoms with Crippen LogP contribution in [0, 0.1) is 0 Å². The lowest BCUT2D eigenvalue weighted by Crippen LogP contribution is -2.15. The zero-order valence-electron chi connectivity index (χ0n) is 13.7. The molecule has 0 atom stereocenters. The van der Waals surface area contributed by atoms with E-state index in [0.29, 0.717) is 11.4 Å². The molecule has 1 fully saturated rings. The molecule has 1 amide bonds. The molecule has 0 spiro atoms. The van der Waals surface area contributed by atoms with Crippen LogP contribution in [0.2, 0.25) is 0 Å². The number of nitrogens with zero attached hydrogens (tertiary/aromatic N) is 1. The van der Waals surface area contributed by atoms with Crippen LogP contribution in [0.25, 0.3) is 0 Å². The molecule has 1 aliphatic carbocycles. The third-order valence-corrected chi connectivity index (χ3v) is 5.73. The summed E-state index contributed by atoms with van der Waals surface area (Å²) in [4.78, 5) is 12.4. The van der Waals surface area contributed by atoms with E-state index in [1.807, 2.05) is 0 Å². The fourth-order valence-corrected chi connectivity index (χ4v) is 3.69. The Balaban J connectivity index is 1.72. The summed E-state index contributed by atoms with van der Waals surface area (Å²) >= 11 is 0. The van der Waals surface area contributed by atoms with Crippen LogP contribution in [-0.4, -0.2) is 25.7 Å². The average molecular weight is 348 g/mol. The number of hydrogen-bond donors (Lipinski definition) is 1. The van der Waals surface area contributed by atoms with Crippen molar-refractivity contribution in [2.75, 3.05) is 11.6 Å². The summed E-state index contributed by atoms with van der Waals surface area (Å²) in [6.45, 7) is 2.15. The second-order valence-corrected chi connectivity index (χ2v) is 8.61. The third-order valence-electron chi connectivity index (χ3n) is 4.60. The highest BCUT2D eigenvalue weighted by molar-refractivity contribution is 7.90. The van der Waals surface area contributed by atoms with Crippen molar-refractivity contribution in [2.24, 2.45) is 0 Å². The first-order valence-corrected chi connectivity index (χ1v) is 9.76. The lowest BCUT2D eigenvalue weighted by atomic mass is 9.86. The minimum Gasteiger partial charge on any atom is -0.359 e. The molecule has 3 rings (SSSR count). The van der Waals surface area contributed by atoms with Crippen molar-refractivity contribution in [1.29, 1.82) is 0 Å². The molecule has 0 radical (unpaired) electrons. The van der Waals surface area contributed by atoms with E-state index in [0.717, 1.165) is 24.9 Å². The predicted molar refractivity (Wildman–Crippen MR) is 89.8 cm³/mol. The van der Waals surface area contributed by atoms with Crippen LogP contribution in [0.15, 0.2) is 39.8 Å². The molecule has 1 saturated carbocycles. The summed E-state index contributed by atoms with van der Waals surface area (Å²) in [7, 11) is -3.28. The summed E-state index contributed by atoms with van der Waals surface area (Å²) in [5.41, 5.74) is 0.353. The molecule has 1 aromatic heterocycles. The van der Waals surface area contributed by atoms with E-state index < -0.39 is 9.84 Å². The number of anilines is 1. The Morgan fingerprint density at radius 1 is 1.21 bits per heavy atom. The Kier molecular flexibility index (Phi) is 4.21. The van der Waals surface area contributed by atoms with E-state index in [9.17, 15) is 13.2 Å². The standard InChI is InChI=1S/C17H20N2O4S/c1-17(9-3-4-10-17)14-11-15(19-23-14)18-16(20)12-5-7-13(8-6-12)24(2,21)22/h5-8,11H,3-4,9-10H2,1-2H3,(H,18,19,20). The van der Waals surface area contributed by atoms with Crippen molar-refractivity contribution in [3.05, 3.63) is 41.7 Å². The average Bonchev–Trinajstić information content (AvgIpc) is 3.17. The van der Waals surface area contributed by atoms with Crippen LogP contribution in [0.4, 0.5) is 5.82 Å². The largest absolute Gasteiger partial charge is 0.359 e. The molecule has 0 aliphatic heterocycles. The van der Waals surface area contributed by atoms with E-state index >= 15 is 0 Å². The Hall–Kier alpha value is -2.15. The Bertz CT molecular complexity index is 847. The van der Waals surface area contributed by atoms with Crippen molar-refractivity contribution in [2.45, 2.75) is 42.9 Å². The van der Waals surface area contributed by atoms with E-state index in [4.69, 9.17) is 4.52 Å². The highest BCUT2D eigenvalue weighted by Gasteiger charge is 2.34. The zero-order chi connectivity index (χ0) is 17.4. The van der Waals surface area contributed by atoms with Gasteiger partial charge in [0.1, 0.15) is 5.76 Å². The Labute approximate surface area is 141 Å². The number of sulfone groups is 1. The van der Waals surface area contributed by atoms with Crippen LogP contribution in [-0.2, 0) is 15.3 Å². The lowest BCUT2D eigenvalue weighted by Gasteiger charge is -2.18. The quantitative estimate of drug-likeness (QED) is 0.917. The van der Waals surface area contributed by atoms with Crippen LogP contribution in [0.3, 0.4) is 0 Å². The van der Waals surface area contributed by atoms with Crippen molar-refractivity contribution < 1.29 is 17.7 Å². The zero-order valence-corrected chi connectivity index (χ0v) is 14.5. The minimum absolute atomic E-state index is 0.00683. The number of aromatic nitrogens is 1. The molecule has 2 aromatic rings. The lowest BCUT2D eigenvalue weighted by molar-refractivity contribution is 0.102. The highest BCUT2D eigenvalue weighted by Crippen LogP contribution is 2.41. The summed E-state index contributed by atoms with van der Waals surface area (Å²) in [5, 5.41) is 6.61. The van der Waals surface area contributed by atoms with Gasteiger partial charge in [-0.05, 0) is 37.1 Å². The Morgan fingerprint density at radius 2 is 1.83 bits per heavy atom. The molecule has 0 bridgehead atoms. The van der Waals surface area contributed by atoms with Crippen molar-refractivity contribution >= 4 is 21.6 Å². The maximum atomic E-state index is 12.2. The molecule has 1 aliphatic rings. The van der Waals surface area contributed by atoms with Gasteiger partial charge < -0.3 is 9.84 Å². The number of carbonyl (C=O) groups excluding carboxylic acids is 1. The first-order valence-electron chi connectivity index (χ1n) is 7.87. The molecule has 6 nitrogen and oxygen atoms in total. The third kappa shape index (κ3) is 3.36. The van der Waals surface area contributed by atoms with Crippen LogP contribution in [0.1, 0.15) is 48.7 Å². The van der Waals surface area contributed by atoms with E-state index in [1.54, 1.807) is 6.07 Å². The minimum atomic E-state index is -3.28. The second-order valence-electron chi connectivity index (χ2n) is 6.59. The van der Waals surface area contributed by atoms with Crippen LogP contribution in [0.5, 0.6) is 0 Å². The highest BCUT2D eigenvalue weighted by atomic mass is 32.2. The summed E-state index contributed by atoms with van der Waals surface area (Å²) < 4.78 is 28.3. The number of amides is 1. The molecule has 0 unspecified atom stereocenters. The van der Waals surface area contributed by atoms with Gasteiger partial charge in [0.2, 0.25) is 0 Å². The van der Waals surface area contributed by atoms with Crippen molar-refractivity contribution in [3.8, 4) is 0 Å². The maximum Gasteiger partial charge on any atom is 0.256 e. The smallest absolute Gasteiger partial charge is 0.256 e. The number of benzene rings is 1. The molecular weight excluding hydrogens is 328 g/mol. The van der Waals surface area contributed by atoms with Gasteiger partial charge in [-0.15, -0.1) is 0 Å². The molecule has 24 heavy (non-hydrogen) atoms. The van der Waals surface area contributed by atoms with E-state index in [1.165, 1.54) is 37.1 Å². The molecule has 7 heteroatoms.